The Kier molecular flexibility index (Phi) is 4.44. The van der Waals surface area contributed by atoms with Crippen LogP contribution >= 0.6 is 11.8 Å². The Hall–Kier alpha value is 0.170. The fourth-order valence-corrected chi connectivity index (χ4v) is 0.336. The second-order valence-electron chi connectivity index (χ2n) is 1.14. The summed E-state index contributed by atoms with van der Waals surface area (Å²) in [4.78, 5) is 2.30. The zero-order chi connectivity index (χ0) is 5.70. The van der Waals surface area contributed by atoms with Crippen LogP contribution in [0.5, 0.6) is 0 Å². The van der Waals surface area contributed by atoms with E-state index in [0.717, 1.165) is 6.54 Å². The van der Waals surface area contributed by atoms with E-state index in [1.807, 2.05) is 6.92 Å². The van der Waals surface area contributed by atoms with Crippen molar-refractivity contribution in [2.24, 2.45) is 5.73 Å². The van der Waals surface area contributed by atoms with Gasteiger partial charge >= 0.3 is 0 Å². The van der Waals surface area contributed by atoms with Gasteiger partial charge in [-0.2, -0.15) is 0 Å². The molecule has 0 aliphatic carbocycles. The normalized spacial score (nSPS) is 14.1. The number of rotatable bonds is 3. The molecule has 0 rings (SSSR count). The molecule has 1 atom stereocenters. The molecule has 0 spiro atoms. The van der Waals surface area contributed by atoms with Gasteiger partial charge < -0.3 is 5.73 Å². The van der Waals surface area contributed by atoms with E-state index in [1.165, 1.54) is 0 Å². The van der Waals surface area contributed by atoms with Crippen LogP contribution in [0.3, 0.4) is 0 Å². The molecule has 44 valence electrons. The molecule has 7 heavy (non-hydrogen) atoms. The molecular weight excluding hydrogens is 114 g/mol. The number of hydrogen-bond donors (Lipinski definition) is 3. The van der Waals surface area contributed by atoms with Crippen molar-refractivity contribution >= 4 is 11.8 Å². The minimum absolute atomic E-state index is 0.285. The summed E-state index contributed by atoms with van der Waals surface area (Å²) in [6, 6.07) is 0. The van der Waals surface area contributed by atoms with Gasteiger partial charge in [0.2, 0.25) is 0 Å². The standard InChI is InChI=1S/C3H10ClN3/c1-2-6-3(5)7-4/h3,6-7H,2,5H2,1H3. The average molecular weight is 124 g/mol. The van der Waals surface area contributed by atoms with E-state index < -0.39 is 0 Å². The van der Waals surface area contributed by atoms with Crippen LogP contribution in [-0.4, -0.2) is 12.8 Å². The summed E-state index contributed by atoms with van der Waals surface area (Å²) < 4.78 is 0. The Morgan fingerprint density at radius 3 is 2.57 bits per heavy atom. The molecule has 4 N–H and O–H groups in total. The van der Waals surface area contributed by atoms with Crippen LogP contribution in [-0.2, 0) is 0 Å². The molecular formula is C3H10ClN3. The van der Waals surface area contributed by atoms with Gasteiger partial charge in [-0.25, -0.2) is 4.84 Å². The average Bonchev–Trinajstić information content (AvgIpc) is 1.68. The fourth-order valence-electron chi connectivity index (χ4n) is 0.258. The zero-order valence-electron chi connectivity index (χ0n) is 4.24. The Labute approximate surface area is 48.3 Å². The van der Waals surface area contributed by atoms with Crippen LogP contribution < -0.4 is 15.9 Å². The Morgan fingerprint density at radius 2 is 2.43 bits per heavy atom. The quantitative estimate of drug-likeness (QED) is 0.353. The largest absolute Gasteiger partial charge is 0.303 e. The van der Waals surface area contributed by atoms with Crippen molar-refractivity contribution in [3.63, 3.8) is 0 Å². The second kappa shape index (κ2) is 4.33. The summed E-state index contributed by atoms with van der Waals surface area (Å²) in [5.41, 5.74) is 5.23. The molecule has 0 aromatic heterocycles. The van der Waals surface area contributed by atoms with Gasteiger partial charge in [0.1, 0.15) is 6.29 Å². The third-order valence-corrected chi connectivity index (χ3v) is 0.777. The molecule has 3 nitrogen and oxygen atoms in total. The maximum absolute atomic E-state index is 5.23. The van der Waals surface area contributed by atoms with Gasteiger partial charge in [0, 0.05) is 0 Å². The molecule has 0 saturated heterocycles. The molecule has 1 unspecified atom stereocenters. The monoisotopic (exact) mass is 123 g/mol. The van der Waals surface area contributed by atoms with E-state index >= 15 is 0 Å². The van der Waals surface area contributed by atoms with Gasteiger partial charge in [-0.05, 0) is 18.3 Å². The molecule has 0 aromatic rings. The van der Waals surface area contributed by atoms with Crippen molar-refractivity contribution in [2.75, 3.05) is 6.54 Å². The van der Waals surface area contributed by atoms with Crippen LogP contribution in [0.15, 0.2) is 0 Å². The topological polar surface area (TPSA) is 50.1 Å². The molecule has 0 aromatic carbocycles. The van der Waals surface area contributed by atoms with E-state index in [0.29, 0.717) is 0 Å². The molecule has 0 radical (unpaired) electrons. The summed E-state index contributed by atoms with van der Waals surface area (Å²) in [5, 5.41) is 2.83. The highest BCUT2D eigenvalue weighted by molar-refractivity contribution is 6.13. The summed E-state index contributed by atoms with van der Waals surface area (Å²) in [6.45, 7) is 2.77. The first kappa shape index (κ1) is 7.17. The number of hydrogen-bond acceptors (Lipinski definition) is 3. The first-order valence-electron chi connectivity index (χ1n) is 2.16. The Morgan fingerprint density at radius 1 is 1.86 bits per heavy atom. The van der Waals surface area contributed by atoms with Crippen molar-refractivity contribution in [3.8, 4) is 0 Å². The highest BCUT2D eigenvalue weighted by Crippen LogP contribution is 1.63. The van der Waals surface area contributed by atoms with Crippen molar-refractivity contribution in [2.45, 2.75) is 13.2 Å². The van der Waals surface area contributed by atoms with Crippen molar-refractivity contribution in [1.82, 2.24) is 10.2 Å². The zero-order valence-corrected chi connectivity index (χ0v) is 5.00. The predicted molar refractivity (Wildman–Crippen MR) is 30.6 cm³/mol. The van der Waals surface area contributed by atoms with E-state index in [4.69, 9.17) is 17.5 Å². The molecule has 0 saturated carbocycles. The molecule has 0 aliphatic rings. The van der Waals surface area contributed by atoms with Crippen LogP contribution in [0.25, 0.3) is 0 Å². The second-order valence-corrected chi connectivity index (χ2v) is 1.36. The molecule has 0 heterocycles. The predicted octanol–water partition coefficient (Wildman–Crippen LogP) is -0.418. The maximum atomic E-state index is 5.23. The summed E-state index contributed by atoms with van der Waals surface area (Å²) in [6.07, 6.45) is -0.285. The van der Waals surface area contributed by atoms with Gasteiger partial charge in [-0.3, -0.25) is 5.32 Å². The smallest absolute Gasteiger partial charge is 0.122 e. The van der Waals surface area contributed by atoms with Gasteiger partial charge in [-0.15, -0.1) is 0 Å². The minimum Gasteiger partial charge on any atom is -0.303 e. The lowest BCUT2D eigenvalue weighted by molar-refractivity contribution is 0.529. The molecule has 0 amide bonds. The fraction of sp³-hybridized carbons (Fsp3) is 1.00. The van der Waals surface area contributed by atoms with Crippen molar-refractivity contribution in [3.05, 3.63) is 0 Å². The molecule has 4 heteroatoms. The van der Waals surface area contributed by atoms with E-state index in [9.17, 15) is 0 Å². The van der Waals surface area contributed by atoms with Crippen LogP contribution in [0.4, 0.5) is 0 Å². The van der Waals surface area contributed by atoms with E-state index in [-0.39, 0.29) is 6.29 Å². The number of nitrogens with one attached hydrogen (secondary N) is 2. The molecule has 0 aliphatic heterocycles. The minimum atomic E-state index is -0.285. The molecule has 0 fully saturated rings. The Balaban J connectivity index is 2.83. The highest BCUT2D eigenvalue weighted by atomic mass is 35.5. The van der Waals surface area contributed by atoms with Crippen molar-refractivity contribution in [1.29, 1.82) is 0 Å². The number of nitrogens with two attached hydrogens (primary N) is 1. The third-order valence-electron chi connectivity index (χ3n) is 0.542. The summed E-state index contributed by atoms with van der Waals surface area (Å²) in [7, 11) is 0. The van der Waals surface area contributed by atoms with E-state index in [1.54, 1.807) is 0 Å². The SMILES string of the molecule is CCNC(N)NCl. The van der Waals surface area contributed by atoms with Gasteiger partial charge in [0.25, 0.3) is 0 Å². The first-order chi connectivity index (χ1) is 3.31. The first-order valence-corrected chi connectivity index (χ1v) is 2.54. The van der Waals surface area contributed by atoms with Crippen LogP contribution in [0, 0.1) is 0 Å². The third kappa shape index (κ3) is 4.01. The number of halogens is 1. The lowest BCUT2D eigenvalue weighted by Crippen LogP contribution is -2.44. The summed E-state index contributed by atoms with van der Waals surface area (Å²) in [5.74, 6) is 0. The van der Waals surface area contributed by atoms with Crippen LogP contribution in [0.2, 0.25) is 0 Å². The van der Waals surface area contributed by atoms with Gasteiger partial charge in [0.15, 0.2) is 0 Å². The van der Waals surface area contributed by atoms with Crippen molar-refractivity contribution < 1.29 is 0 Å². The highest BCUT2D eigenvalue weighted by Gasteiger charge is 1.90. The summed E-state index contributed by atoms with van der Waals surface area (Å²) >= 11 is 5.09. The lowest BCUT2D eigenvalue weighted by Gasteiger charge is -2.06. The maximum Gasteiger partial charge on any atom is 0.122 e. The molecule has 0 bridgehead atoms. The Bertz CT molecular complexity index is 41.2. The van der Waals surface area contributed by atoms with Gasteiger partial charge in [0.05, 0.1) is 0 Å². The van der Waals surface area contributed by atoms with Crippen LogP contribution in [0.1, 0.15) is 6.92 Å². The van der Waals surface area contributed by atoms with E-state index in [2.05, 4.69) is 10.2 Å². The lowest BCUT2D eigenvalue weighted by atomic mass is 10.7. The van der Waals surface area contributed by atoms with Gasteiger partial charge in [-0.1, -0.05) is 6.92 Å².